The first kappa shape index (κ1) is 11.6. The van der Waals surface area contributed by atoms with Crippen LogP contribution in [0, 0.1) is 18.3 Å². The summed E-state index contributed by atoms with van der Waals surface area (Å²) in [6.45, 7) is 10.1. The fourth-order valence-electron chi connectivity index (χ4n) is 2.13. The molecule has 1 saturated heterocycles. The minimum Gasteiger partial charge on any atom is -0.311 e. The summed E-state index contributed by atoms with van der Waals surface area (Å²) in [6.07, 6.45) is 6.18. The normalized spacial score (nSPS) is 29.1. The first-order chi connectivity index (χ1) is 6.65. The van der Waals surface area contributed by atoms with Crippen LogP contribution in [0.25, 0.3) is 0 Å². The lowest BCUT2D eigenvalue weighted by Gasteiger charge is -2.41. The van der Waals surface area contributed by atoms with Gasteiger partial charge in [-0.15, -0.1) is 12.3 Å². The highest BCUT2D eigenvalue weighted by Crippen LogP contribution is 2.15. The Balaban J connectivity index is 2.50. The minimum absolute atomic E-state index is 0.600. The first-order valence-electron chi connectivity index (χ1n) is 5.56. The second-order valence-electron chi connectivity index (χ2n) is 4.57. The van der Waals surface area contributed by atoms with Crippen LogP contribution in [0.2, 0.25) is 0 Å². The van der Waals surface area contributed by atoms with E-state index in [-0.39, 0.29) is 0 Å². The van der Waals surface area contributed by atoms with Gasteiger partial charge in [-0.25, -0.2) is 0 Å². The topological polar surface area (TPSA) is 15.3 Å². The van der Waals surface area contributed by atoms with E-state index in [1.165, 1.54) is 0 Å². The van der Waals surface area contributed by atoms with Gasteiger partial charge in [-0.05, 0) is 12.8 Å². The zero-order valence-electron chi connectivity index (χ0n) is 9.59. The maximum absolute atomic E-state index is 5.31. The Kier molecular flexibility index (Phi) is 4.44. The molecule has 2 nitrogen and oxygen atoms in total. The second-order valence-corrected chi connectivity index (χ2v) is 4.57. The van der Waals surface area contributed by atoms with Crippen LogP contribution in [0.1, 0.15) is 27.2 Å². The van der Waals surface area contributed by atoms with Gasteiger partial charge in [0.15, 0.2) is 0 Å². The highest BCUT2D eigenvalue weighted by atomic mass is 15.2. The van der Waals surface area contributed by atoms with Crippen molar-refractivity contribution >= 4 is 0 Å². The van der Waals surface area contributed by atoms with Crippen molar-refractivity contribution < 1.29 is 0 Å². The van der Waals surface area contributed by atoms with Crippen molar-refractivity contribution in [2.75, 3.05) is 19.6 Å². The van der Waals surface area contributed by atoms with Crippen molar-refractivity contribution in [2.24, 2.45) is 5.92 Å². The Morgan fingerprint density at radius 2 is 2.29 bits per heavy atom. The molecule has 0 radical (unpaired) electrons. The van der Waals surface area contributed by atoms with Gasteiger partial charge in [-0.3, -0.25) is 4.90 Å². The van der Waals surface area contributed by atoms with Crippen molar-refractivity contribution in [1.82, 2.24) is 10.2 Å². The van der Waals surface area contributed by atoms with E-state index < -0.39 is 0 Å². The average molecular weight is 194 g/mol. The van der Waals surface area contributed by atoms with Crippen LogP contribution in [-0.4, -0.2) is 36.6 Å². The summed E-state index contributed by atoms with van der Waals surface area (Å²) in [5.41, 5.74) is 0. The molecule has 0 saturated carbocycles. The Morgan fingerprint density at radius 1 is 1.57 bits per heavy atom. The standard InChI is InChI=1S/C12H22N2/c1-5-6-7-14-9-11(4)13-8-12(14)10(2)3/h1,10-13H,6-9H2,2-4H3. The van der Waals surface area contributed by atoms with E-state index in [9.17, 15) is 0 Å². The van der Waals surface area contributed by atoms with Crippen LogP contribution in [0.15, 0.2) is 0 Å². The lowest BCUT2D eigenvalue weighted by molar-refractivity contribution is 0.106. The summed E-state index contributed by atoms with van der Waals surface area (Å²) in [4.78, 5) is 2.53. The lowest BCUT2D eigenvalue weighted by atomic mass is 9.98. The van der Waals surface area contributed by atoms with Gasteiger partial charge < -0.3 is 5.32 Å². The van der Waals surface area contributed by atoms with Gasteiger partial charge in [0.05, 0.1) is 0 Å². The van der Waals surface area contributed by atoms with Gasteiger partial charge in [0.1, 0.15) is 0 Å². The van der Waals surface area contributed by atoms with Crippen molar-refractivity contribution in [3.8, 4) is 12.3 Å². The molecule has 14 heavy (non-hydrogen) atoms. The van der Waals surface area contributed by atoms with Gasteiger partial charge >= 0.3 is 0 Å². The fourth-order valence-corrected chi connectivity index (χ4v) is 2.13. The number of rotatable bonds is 3. The van der Waals surface area contributed by atoms with Gasteiger partial charge in [0.25, 0.3) is 0 Å². The van der Waals surface area contributed by atoms with Crippen molar-refractivity contribution in [1.29, 1.82) is 0 Å². The Labute approximate surface area is 88.1 Å². The molecule has 0 amide bonds. The smallest absolute Gasteiger partial charge is 0.0244 e. The zero-order chi connectivity index (χ0) is 10.6. The molecular formula is C12H22N2. The fraction of sp³-hybridized carbons (Fsp3) is 0.833. The molecule has 1 rings (SSSR count). The molecule has 0 spiro atoms. The molecule has 0 aliphatic carbocycles. The first-order valence-corrected chi connectivity index (χ1v) is 5.56. The molecule has 2 atom stereocenters. The third kappa shape index (κ3) is 3.01. The minimum atomic E-state index is 0.600. The van der Waals surface area contributed by atoms with Crippen molar-refractivity contribution in [3.05, 3.63) is 0 Å². The third-order valence-electron chi connectivity index (χ3n) is 2.97. The highest BCUT2D eigenvalue weighted by molar-refractivity contribution is 4.90. The summed E-state index contributed by atoms with van der Waals surface area (Å²) in [7, 11) is 0. The third-order valence-corrected chi connectivity index (χ3v) is 2.97. The van der Waals surface area contributed by atoms with Crippen LogP contribution >= 0.6 is 0 Å². The molecule has 0 bridgehead atoms. The molecule has 2 unspecified atom stereocenters. The monoisotopic (exact) mass is 194 g/mol. The van der Waals surface area contributed by atoms with Gasteiger partial charge in [-0.1, -0.05) is 13.8 Å². The molecule has 1 aliphatic heterocycles. The van der Waals surface area contributed by atoms with Gasteiger partial charge in [0.2, 0.25) is 0 Å². The summed E-state index contributed by atoms with van der Waals surface area (Å²) < 4.78 is 0. The molecule has 2 heteroatoms. The maximum Gasteiger partial charge on any atom is 0.0244 e. The molecule has 80 valence electrons. The predicted octanol–water partition coefficient (Wildman–Crippen LogP) is 1.33. The summed E-state index contributed by atoms with van der Waals surface area (Å²) in [6, 6.07) is 1.25. The van der Waals surface area contributed by atoms with Crippen molar-refractivity contribution in [2.45, 2.75) is 39.3 Å². The summed E-state index contributed by atoms with van der Waals surface area (Å²) >= 11 is 0. The van der Waals surface area contributed by atoms with Crippen LogP contribution < -0.4 is 5.32 Å². The largest absolute Gasteiger partial charge is 0.311 e. The van der Waals surface area contributed by atoms with E-state index >= 15 is 0 Å². The second kappa shape index (κ2) is 5.38. The Morgan fingerprint density at radius 3 is 2.86 bits per heavy atom. The van der Waals surface area contributed by atoms with E-state index in [4.69, 9.17) is 6.42 Å². The quantitative estimate of drug-likeness (QED) is 0.682. The van der Waals surface area contributed by atoms with E-state index in [1.54, 1.807) is 0 Å². The summed E-state index contributed by atoms with van der Waals surface area (Å²) in [5, 5.41) is 3.53. The molecule has 0 aromatic rings. The van der Waals surface area contributed by atoms with Crippen LogP contribution in [0.4, 0.5) is 0 Å². The number of hydrogen-bond acceptors (Lipinski definition) is 2. The Hall–Kier alpha value is -0.520. The number of nitrogens with one attached hydrogen (secondary N) is 1. The Bertz CT molecular complexity index is 205. The molecule has 0 aromatic heterocycles. The molecular weight excluding hydrogens is 172 g/mol. The summed E-state index contributed by atoms with van der Waals surface area (Å²) in [5.74, 6) is 3.43. The van der Waals surface area contributed by atoms with E-state index in [2.05, 4.69) is 36.9 Å². The molecule has 1 aliphatic rings. The average Bonchev–Trinajstić information content (AvgIpc) is 2.14. The number of terminal acetylenes is 1. The van der Waals surface area contributed by atoms with Crippen LogP contribution in [0.3, 0.4) is 0 Å². The maximum atomic E-state index is 5.31. The lowest BCUT2D eigenvalue weighted by Crippen LogP contribution is -2.57. The number of piperazine rings is 1. The zero-order valence-corrected chi connectivity index (χ0v) is 9.59. The van der Waals surface area contributed by atoms with Crippen molar-refractivity contribution in [3.63, 3.8) is 0 Å². The van der Waals surface area contributed by atoms with Crippen LogP contribution in [-0.2, 0) is 0 Å². The SMILES string of the molecule is C#CCCN1CC(C)NCC1C(C)C. The predicted molar refractivity (Wildman–Crippen MR) is 61.1 cm³/mol. The number of nitrogens with zero attached hydrogens (tertiary/aromatic N) is 1. The highest BCUT2D eigenvalue weighted by Gasteiger charge is 2.27. The van der Waals surface area contributed by atoms with E-state index in [0.29, 0.717) is 18.0 Å². The molecule has 0 aromatic carbocycles. The van der Waals surface area contributed by atoms with Crippen LogP contribution in [0.5, 0.6) is 0 Å². The van der Waals surface area contributed by atoms with Gasteiger partial charge in [0, 0.05) is 38.1 Å². The van der Waals surface area contributed by atoms with E-state index in [0.717, 1.165) is 26.1 Å². The molecule has 1 heterocycles. The molecule has 1 N–H and O–H groups in total. The van der Waals surface area contributed by atoms with Gasteiger partial charge in [-0.2, -0.15) is 0 Å². The van der Waals surface area contributed by atoms with E-state index in [1.807, 2.05) is 0 Å². The molecule has 1 fully saturated rings. The number of hydrogen-bond donors (Lipinski definition) is 1.